The molecule has 0 aromatic rings. The Morgan fingerprint density at radius 1 is 1.44 bits per heavy atom. The van der Waals surface area contributed by atoms with Gasteiger partial charge in [-0.3, -0.25) is 4.79 Å². The van der Waals surface area contributed by atoms with E-state index in [-0.39, 0.29) is 0 Å². The Morgan fingerprint density at radius 2 is 1.88 bits per heavy atom. The Hall–Kier alpha value is -0.420. The summed E-state index contributed by atoms with van der Waals surface area (Å²) in [6.07, 6.45) is -4.00. The first-order valence-electron chi connectivity index (χ1n) is 4.32. The Labute approximate surface area is 100 Å². The molecule has 1 aliphatic carbocycles. The van der Waals surface area contributed by atoms with E-state index in [1.165, 1.54) is 13.8 Å². The molecule has 0 amide bonds. The summed E-state index contributed by atoms with van der Waals surface area (Å²) in [5.74, 6) is -2.28. The highest BCUT2D eigenvalue weighted by atomic mass is 35.5. The number of carboxylic acid groups (broad SMARTS) is 1. The van der Waals surface area contributed by atoms with Crippen molar-refractivity contribution in [1.82, 2.24) is 0 Å². The predicted molar refractivity (Wildman–Crippen MR) is 53.5 cm³/mol. The third-order valence-electron chi connectivity index (χ3n) is 2.96. The number of hydrogen-bond donors (Lipinski definition) is 1. The molecule has 0 aromatic carbocycles. The van der Waals surface area contributed by atoms with Crippen molar-refractivity contribution in [2.75, 3.05) is 0 Å². The minimum atomic E-state index is -4.67. The first kappa shape index (κ1) is 13.6. The van der Waals surface area contributed by atoms with Crippen LogP contribution in [-0.2, 0) is 4.79 Å². The van der Waals surface area contributed by atoms with Gasteiger partial charge >= 0.3 is 12.1 Å². The lowest BCUT2D eigenvalue weighted by Gasteiger charge is -2.04. The van der Waals surface area contributed by atoms with Gasteiger partial charge in [0.05, 0.1) is 0 Å². The molecule has 1 rings (SSSR count). The van der Waals surface area contributed by atoms with E-state index in [4.69, 9.17) is 28.3 Å². The molecule has 1 aliphatic rings. The van der Waals surface area contributed by atoms with Crippen molar-refractivity contribution in [2.45, 2.75) is 24.9 Å². The van der Waals surface area contributed by atoms with Gasteiger partial charge in [-0.05, 0) is 0 Å². The Balaban J connectivity index is 3.00. The lowest BCUT2D eigenvalue weighted by Crippen LogP contribution is -2.21. The molecule has 0 bridgehead atoms. The van der Waals surface area contributed by atoms with Crippen molar-refractivity contribution >= 4 is 29.2 Å². The first-order valence-corrected chi connectivity index (χ1v) is 5.08. The molecule has 1 saturated carbocycles. The smallest absolute Gasteiger partial charge is 0.426 e. The molecule has 16 heavy (non-hydrogen) atoms. The maximum atomic E-state index is 12.2. The van der Waals surface area contributed by atoms with E-state index < -0.39 is 33.4 Å². The molecule has 2 atom stereocenters. The third kappa shape index (κ3) is 1.80. The van der Waals surface area contributed by atoms with Gasteiger partial charge in [-0.15, -0.1) is 11.6 Å². The zero-order chi connectivity index (χ0) is 12.9. The Kier molecular flexibility index (Phi) is 3.01. The van der Waals surface area contributed by atoms with Crippen LogP contribution in [-0.4, -0.2) is 22.1 Å². The quantitative estimate of drug-likeness (QED) is 0.785. The maximum Gasteiger partial charge on any atom is 0.426 e. The number of aliphatic carboxylic acids is 1. The summed E-state index contributed by atoms with van der Waals surface area (Å²) >= 11 is 10.8. The van der Waals surface area contributed by atoms with Crippen LogP contribution in [0, 0.1) is 11.3 Å². The molecule has 0 heterocycles. The summed E-state index contributed by atoms with van der Waals surface area (Å²) in [5, 5.41) is 7.51. The van der Waals surface area contributed by atoms with Crippen molar-refractivity contribution in [3.63, 3.8) is 0 Å². The molecular formula is C9H9Cl2F3O2. The van der Waals surface area contributed by atoms with Gasteiger partial charge in [-0.1, -0.05) is 31.5 Å². The zero-order valence-electron chi connectivity index (χ0n) is 8.40. The van der Waals surface area contributed by atoms with Crippen molar-refractivity contribution < 1.29 is 23.1 Å². The van der Waals surface area contributed by atoms with Crippen LogP contribution < -0.4 is 0 Å². The van der Waals surface area contributed by atoms with Crippen molar-refractivity contribution in [1.29, 1.82) is 0 Å². The number of alkyl halides is 4. The van der Waals surface area contributed by atoms with Gasteiger partial charge in [-0.25, -0.2) is 0 Å². The lowest BCUT2D eigenvalue weighted by molar-refractivity contribution is -0.138. The lowest BCUT2D eigenvalue weighted by atomic mass is 10.1. The van der Waals surface area contributed by atoms with E-state index in [0.717, 1.165) is 0 Å². The molecule has 7 heteroatoms. The fourth-order valence-electron chi connectivity index (χ4n) is 1.72. The first-order chi connectivity index (χ1) is 6.95. The second kappa shape index (κ2) is 3.53. The second-order valence-electron chi connectivity index (χ2n) is 4.23. The normalized spacial score (nSPS) is 33.7. The average molecular weight is 277 g/mol. The summed E-state index contributed by atoms with van der Waals surface area (Å²) in [4.78, 5) is 9.15. The van der Waals surface area contributed by atoms with Crippen LogP contribution in [0.2, 0.25) is 0 Å². The molecule has 0 spiro atoms. The summed E-state index contributed by atoms with van der Waals surface area (Å²) in [6, 6.07) is 0. The maximum absolute atomic E-state index is 12.2. The van der Waals surface area contributed by atoms with Crippen LogP contribution in [0.15, 0.2) is 11.1 Å². The number of rotatable bonds is 2. The highest BCUT2D eigenvalue weighted by Gasteiger charge is 2.75. The topological polar surface area (TPSA) is 37.3 Å². The Morgan fingerprint density at radius 3 is 2.12 bits per heavy atom. The monoisotopic (exact) mass is 276 g/mol. The van der Waals surface area contributed by atoms with E-state index >= 15 is 0 Å². The molecule has 0 saturated heterocycles. The van der Waals surface area contributed by atoms with Gasteiger partial charge in [0.2, 0.25) is 0 Å². The van der Waals surface area contributed by atoms with Gasteiger partial charge in [0.1, 0.15) is 5.03 Å². The fraction of sp³-hybridized carbons (Fsp3) is 0.667. The van der Waals surface area contributed by atoms with Crippen LogP contribution in [0.5, 0.6) is 0 Å². The Bertz CT molecular complexity index is 362. The van der Waals surface area contributed by atoms with Crippen molar-refractivity contribution in [2.24, 2.45) is 11.3 Å². The minimum Gasteiger partial charge on any atom is -0.480 e. The molecule has 1 fully saturated rings. The summed E-state index contributed by atoms with van der Waals surface area (Å²) in [5.41, 5.74) is -0.953. The van der Waals surface area contributed by atoms with Gasteiger partial charge in [0.25, 0.3) is 0 Å². The highest BCUT2D eigenvalue weighted by molar-refractivity contribution is 6.38. The number of carbonyl (C=O) groups is 1. The van der Waals surface area contributed by atoms with Crippen LogP contribution in [0.4, 0.5) is 13.2 Å². The fourth-order valence-corrected chi connectivity index (χ4v) is 2.25. The molecule has 0 aromatic heterocycles. The van der Waals surface area contributed by atoms with E-state index in [2.05, 4.69) is 0 Å². The predicted octanol–water partition coefficient (Wildman–Crippen LogP) is 3.39. The SMILES string of the molecule is CC1(C)C(/C=C(/Cl)C(F)(F)F)C1(Cl)C(=O)O. The van der Waals surface area contributed by atoms with Crippen LogP contribution >= 0.6 is 23.2 Å². The number of allylic oxidation sites excluding steroid dienone is 2. The number of hydrogen-bond acceptors (Lipinski definition) is 1. The molecule has 0 aliphatic heterocycles. The number of carboxylic acids is 1. The average Bonchev–Trinajstić information content (AvgIpc) is 2.49. The second-order valence-corrected chi connectivity index (χ2v) is 5.23. The van der Waals surface area contributed by atoms with E-state index in [9.17, 15) is 18.0 Å². The summed E-state index contributed by atoms with van der Waals surface area (Å²) < 4.78 is 36.5. The summed E-state index contributed by atoms with van der Waals surface area (Å²) in [7, 11) is 0. The van der Waals surface area contributed by atoms with E-state index in [0.29, 0.717) is 6.08 Å². The zero-order valence-corrected chi connectivity index (χ0v) is 9.91. The molecule has 0 radical (unpaired) electrons. The molecule has 92 valence electrons. The van der Waals surface area contributed by atoms with Gasteiger partial charge < -0.3 is 5.11 Å². The van der Waals surface area contributed by atoms with Crippen molar-refractivity contribution in [3.8, 4) is 0 Å². The molecule has 1 N–H and O–H groups in total. The van der Waals surface area contributed by atoms with Gasteiger partial charge in [-0.2, -0.15) is 13.2 Å². The largest absolute Gasteiger partial charge is 0.480 e. The highest BCUT2D eigenvalue weighted by Crippen LogP contribution is 2.67. The minimum absolute atomic E-state index is 0.669. The van der Waals surface area contributed by atoms with Crippen LogP contribution in [0.3, 0.4) is 0 Å². The van der Waals surface area contributed by atoms with Crippen molar-refractivity contribution in [3.05, 3.63) is 11.1 Å². The molecular weight excluding hydrogens is 268 g/mol. The molecule has 2 nitrogen and oxygen atoms in total. The third-order valence-corrected chi connectivity index (χ3v) is 4.18. The van der Waals surface area contributed by atoms with Gasteiger partial charge in [0.15, 0.2) is 4.87 Å². The number of halogens is 5. The van der Waals surface area contributed by atoms with Crippen LogP contribution in [0.25, 0.3) is 0 Å². The molecule has 2 unspecified atom stereocenters. The standard InChI is InChI=1S/C9H9Cl2F3O2/c1-7(2)4(8(7,11)6(15)16)3-5(10)9(12,13)14/h3-4H,1-2H3,(H,15,16)/b5-3+. The summed E-state index contributed by atoms with van der Waals surface area (Å²) in [6.45, 7) is 2.96. The van der Waals surface area contributed by atoms with Crippen LogP contribution in [0.1, 0.15) is 13.8 Å². The van der Waals surface area contributed by atoms with E-state index in [1.807, 2.05) is 0 Å². The van der Waals surface area contributed by atoms with E-state index in [1.54, 1.807) is 0 Å². The van der Waals surface area contributed by atoms with Gasteiger partial charge in [0, 0.05) is 11.3 Å².